The summed E-state index contributed by atoms with van der Waals surface area (Å²) < 4.78 is 0. The zero-order chi connectivity index (χ0) is 9.57. The van der Waals surface area contributed by atoms with E-state index in [2.05, 4.69) is 0 Å². The fourth-order valence-corrected chi connectivity index (χ4v) is 2.22. The quantitative estimate of drug-likeness (QED) is 0.494. The maximum absolute atomic E-state index is 9.74. The van der Waals surface area contributed by atoms with Gasteiger partial charge in [-0.05, 0) is 18.8 Å². The Morgan fingerprint density at radius 2 is 1.58 bits per heavy atom. The van der Waals surface area contributed by atoms with E-state index in [4.69, 9.17) is 0 Å². The summed E-state index contributed by atoms with van der Waals surface area (Å²) in [5.41, 5.74) is -1.55. The average Bonchev–Trinajstić information content (AvgIpc) is 1.80. The molecule has 0 bridgehead atoms. The lowest BCUT2D eigenvalue weighted by Gasteiger charge is -2.46. The van der Waals surface area contributed by atoms with E-state index in [9.17, 15) is 15.3 Å². The van der Waals surface area contributed by atoms with Gasteiger partial charge in [0.1, 0.15) is 0 Å². The van der Waals surface area contributed by atoms with E-state index in [1.165, 1.54) is 0 Å². The molecular weight excluding hydrogens is 156 g/mol. The highest BCUT2D eigenvalue weighted by molar-refractivity contribution is 4.99. The molecule has 3 atom stereocenters. The van der Waals surface area contributed by atoms with Gasteiger partial charge in [0.15, 0.2) is 0 Å². The van der Waals surface area contributed by atoms with Gasteiger partial charge >= 0.3 is 0 Å². The van der Waals surface area contributed by atoms with Crippen molar-refractivity contribution in [3.8, 4) is 0 Å². The van der Waals surface area contributed by atoms with Crippen LogP contribution in [0.15, 0.2) is 0 Å². The van der Waals surface area contributed by atoms with Crippen molar-refractivity contribution in [1.29, 1.82) is 0 Å². The molecule has 3 nitrogen and oxygen atoms in total. The topological polar surface area (TPSA) is 60.7 Å². The molecule has 1 rings (SSSR count). The van der Waals surface area contributed by atoms with Crippen LogP contribution in [0.2, 0.25) is 0 Å². The lowest BCUT2D eigenvalue weighted by atomic mass is 9.67. The summed E-state index contributed by atoms with van der Waals surface area (Å²) in [6.07, 6.45) is -0.450. The van der Waals surface area contributed by atoms with Gasteiger partial charge in [0.2, 0.25) is 0 Å². The van der Waals surface area contributed by atoms with Crippen LogP contribution >= 0.6 is 0 Å². The Hall–Kier alpha value is -0.120. The summed E-state index contributed by atoms with van der Waals surface area (Å²) in [7, 11) is 0. The highest BCUT2D eigenvalue weighted by atomic mass is 16.3. The summed E-state index contributed by atoms with van der Waals surface area (Å²) in [6, 6.07) is 0. The van der Waals surface area contributed by atoms with Gasteiger partial charge in [0.25, 0.3) is 0 Å². The largest absolute Gasteiger partial charge is 0.393 e. The van der Waals surface area contributed by atoms with Crippen LogP contribution in [0, 0.1) is 5.41 Å². The van der Waals surface area contributed by atoms with Crippen LogP contribution in [0.3, 0.4) is 0 Å². The number of hydrogen-bond donors (Lipinski definition) is 3. The van der Waals surface area contributed by atoms with Crippen LogP contribution in [0.4, 0.5) is 0 Å². The number of aliphatic hydroxyl groups excluding tert-OH is 2. The third-order valence-electron chi connectivity index (χ3n) is 2.74. The molecule has 0 aromatic heterocycles. The maximum atomic E-state index is 9.74. The second-order valence-electron chi connectivity index (χ2n) is 4.81. The average molecular weight is 174 g/mol. The number of aliphatic hydroxyl groups is 3. The Balaban J connectivity index is 2.84. The van der Waals surface area contributed by atoms with E-state index in [0.29, 0.717) is 6.42 Å². The monoisotopic (exact) mass is 174 g/mol. The minimum atomic E-state index is -1.15. The molecule has 0 aliphatic heterocycles. The Kier molecular flexibility index (Phi) is 2.23. The molecule has 0 unspecified atom stereocenters. The summed E-state index contributed by atoms with van der Waals surface area (Å²) in [4.78, 5) is 0. The second-order valence-corrected chi connectivity index (χ2v) is 4.81. The standard InChI is InChI=1S/C9H18O3/c1-8(2)4-6(10)5-9(3,12)7(8)11/h6-7,10-12H,4-5H2,1-3H3/t6-,7+,9+/m1/s1. The molecule has 1 aliphatic carbocycles. The Morgan fingerprint density at radius 3 is 2.00 bits per heavy atom. The van der Waals surface area contributed by atoms with Gasteiger partial charge in [0.05, 0.1) is 17.8 Å². The maximum Gasteiger partial charge on any atom is 0.0907 e. The first-order valence-corrected chi connectivity index (χ1v) is 4.34. The van der Waals surface area contributed by atoms with Crippen LogP contribution in [0.25, 0.3) is 0 Å². The Morgan fingerprint density at radius 1 is 1.08 bits per heavy atom. The molecule has 1 aliphatic rings. The minimum Gasteiger partial charge on any atom is -0.393 e. The molecular formula is C9H18O3. The van der Waals surface area contributed by atoms with Crippen molar-refractivity contribution >= 4 is 0 Å². The van der Waals surface area contributed by atoms with Crippen molar-refractivity contribution in [2.45, 2.75) is 51.4 Å². The molecule has 0 spiro atoms. The van der Waals surface area contributed by atoms with Crippen LogP contribution in [-0.2, 0) is 0 Å². The van der Waals surface area contributed by atoms with Crippen molar-refractivity contribution in [2.75, 3.05) is 0 Å². The number of rotatable bonds is 0. The first-order valence-electron chi connectivity index (χ1n) is 4.34. The predicted octanol–water partition coefficient (Wildman–Crippen LogP) is 0.279. The summed E-state index contributed by atoms with van der Waals surface area (Å²) in [5, 5.41) is 28.9. The molecule has 0 aromatic carbocycles. The Labute approximate surface area is 73.0 Å². The van der Waals surface area contributed by atoms with E-state index < -0.39 is 23.2 Å². The highest BCUT2D eigenvalue weighted by Gasteiger charge is 2.47. The van der Waals surface area contributed by atoms with Gasteiger partial charge in [-0.25, -0.2) is 0 Å². The summed E-state index contributed by atoms with van der Waals surface area (Å²) in [5.74, 6) is 0. The van der Waals surface area contributed by atoms with Crippen molar-refractivity contribution in [3.05, 3.63) is 0 Å². The van der Waals surface area contributed by atoms with Crippen molar-refractivity contribution in [1.82, 2.24) is 0 Å². The van der Waals surface area contributed by atoms with Crippen molar-refractivity contribution in [2.24, 2.45) is 5.41 Å². The summed E-state index contributed by atoms with van der Waals surface area (Å²) >= 11 is 0. The molecule has 3 heteroatoms. The molecule has 1 saturated carbocycles. The molecule has 0 amide bonds. The molecule has 1 fully saturated rings. The second kappa shape index (κ2) is 2.69. The number of hydrogen-bond acceptors (Lipinski definition) is 3. The van der Waals surface area contributed by atoms with Crippen LogP contribution in [0.5, 0.6) is 0 Å². The van der Waals surface area contributed by atoms with E-state index in [-0.39, 0.29) is 6.42 Å². The fourth-order valence-electron chi connectivity index (χ4n) is 2.22. The lowest BCUT2D eigenvalue weighted by molar-refractivity contribution is -0.171. The zero-order valence-corrected chi connectivity index (χ0v) is 7.91. The SMILES string of the molecule is CC1(C)C[C@@H](O)C[C@](C)(O)[C@H]1O. The van der Waals surface area contributed by atoms with Gasteiger partial charge < -0.3 is 15.3 Å². The van der Waals surface area contributed by atoms with Crippen molar-refractivity contribution < 1.29 is 15.3 Å². The van der Waals surface area contributed by atoms with Gasteiger partial charge in [-0.2, -0.15) is 0 Å². The molecule has 12 heavy (non-hydrogen) atoms. The van der Waals surface area contributed by atoms with E-state index >= 15 is 0 Å². The smallest absolute Gasteiger partial charge is 0.0907 e. The first-order chi connectivity index (χ1) is 5.26. The van der Waals surface area contributed by atoms with Gasteiger partial charge in [0, 0.05) is 6.42 Å². The highest BCUT2D eigenvalue weighted by Crippen LogP contribution is 2.40. The molecule has 0 heterocycles. The summed E-state index contributed by atoms with van der Waals surface area (Å²) in [6.45, 7) is 5.28. The Bertz CT molecular complexity index is 157. The zero-order valence-electron chi connectivity index (χ0n) is 7.91. The van der Waals surface area contributed by atoms with E-state index in [1.54, 1.807) is 6.92 Å². The minimum absolute atomic E-state index is 0.262. The third-order valence-corrected chi connectivity index (χ3v) is 2.74. The lowest BCUT2D eigenvalue weighted by Crippen LogP contribution is -2.55. The van der Waals surface area contributed by atoms with Crippen molar-refractivity contribution in [3.63, 3.8) is 0 Å². The predicted molar refractivity (Wildman–Crippen MR) is 45.7 cm³/mol. The van der Waals surface area contributed by atoms with Crippen LogP contribution in [0.1, 0.15) is 33.6 Å². The molecule has 72 valence electrons. The molecule has 0 radical (unpaired) electrons. The van der Waals surface area contributed by atoms with Crippen LogP contribution in [-0.4, -0.2) is 33.1 Å². The van der Waals surface area contributed by atoms with E-state index in [1.807, 2.05) is 13.8 Å². The fraction of sp³-hybridized carbons (Fsp3) is 1.00. The van der Waals surface area contributed by atoms with Gasteiger partial charge in [-0.3, -0.25) is 0 Å². The molecule has 0 saturated heterocycles. The molecule has 3 N–H and O–H groups in total. The normalized spacial score (nSPS) is 47.5. The molecule has 0 aromatic rings. The van der Waals surface area contributed by atoms with Gasteiger partial charge in [-0.15, -0.1) is 0 Å². The van der Waals surface area contributed by atoms with Crippen LogP contribution < -0.4 is 0 Å². The third kappa shape index (κ3) is 1.63. The van der Waals surface area contributed by atoms with E-state index in [0.717, 1.165) is 0 Å². The first kappa shape index (κ1) is 9.96. The van der Waals surface area contributed by atoms with Gasteiger partial charge in [-0.1, -0.05) is 13.8 Å².